The summed E-state index contributed by atoms with van der Waals surface area (Å²) in [5.74, 6) is -0.0950. The molecule has 0 spiro atoms. The SMILES string of the molecule is COc1cccc(F)c1[C@H](N)CO. The molecular formula is C9H12FNO2. The van der Waals surface area contributed by atoms with Crippen LogP contribution in [-0.2, 0) is 0 Å². The summed E-state index contributed by atoms with van der Waals surface area (Å²) in [4.78, 5) is 0. The molecule has 1 atom stereocenters. The third-order valence-electron chi connectivity index (χ3n) is 1.80. The van der Waals surface area contributed by atoms with E-state index in [-0.39, 0.29) is 12.2 Å². The van der Waals surface area contributed by atoms with Gasteiger partial charge in [-0.3, -0.25) is 0 Å². The molecule has 0 fully saturated rings. The number of hydrogen-bond acceptors (Lipinski definition) is 3. The summed E-state index contributed by atoms with van der Waals surface area (Å²) < 4.78 is 18.1. The predicted octanol–water partition coefficient (Wildman–Crippen LogP) is 0.826. The third-order valence-corrected chi connectivity index (χ3v) is 1.80. The quantitative estimate of drug-likeness (QED) is 0.733. The van der Waals surface area contributed by atoms with Crippen molar-refractivity contribution in [1.29, 1.82) is 0 Å². The Morgan fingerprint density at radius 2 is 2.31 bits per heavy atom. The molecule has 0 saturated carbocycles. The standard InChI is InChI=1S/C9H12FNO2/c1-13-8-4-2-3-6(10)9(8)7(11)5-12/h2-4,7,12H,5,11H2,1H3/t7-/m1/s1. The first-order valence-corrected chi connectivity index (χ1v) is 3.89. The van der Waals surface area contributed by atoms with E-state index < -0.39 is 11.9 Å². The fourth-order valence-corrected chi connectivity index (χ4v) is 1.15. The van der Waals surface area contributed by atoms with Gasteiger partial charge in [-0.05, 0) is 12.1 Å². The molecule has 0 bridgehead atoms. The number of benzene rings is 1. The van der Waals surface area contributed by atoms with Crippen LogP contribution >= 0.6 is 0 Å². The Morgan fingerprint density at radius 3 is 2.85 bits per heavy atom. The van der Waals surface area contributed by atoms with E-state index >= 15 is 0 Å². The lowest BCUT2D eigenvalue weighted by Crippen LogP contribution is -2.17. The molecule has 1 rings (SSSR count). The highest BCUT2D eigenvalue weighted by Gasteiger charge is 2.15. The second-order valence-electron chi connectivity index (χ2n) is 2.64. The van der Waals surface area contributed by atoms with Gasteiger partial charge in [-0.2, -0.15) is 0 Å². The molecule has 3 N–H and O–H groups in total. The zero-order valence-corrected chi connectivity index (χ0v) is 7.33. The fraction of sp³-hybridized carbons (Fsp3) is 0.333. The van der Waals surface area contributed by atoms with E-state index in [4.69, 9.17) is 15.6 Å². The highest BCUT2D eigenvalue weighted by molar-refractivity contribution is 5.37. The molecule has 0 heterocycles. The largest absolute Gasteiger partial charge is 0.496 e. The van der Waals surface area contributed by atoms with Gasteiger partial charge in [-0.25, -0.2) is 4.39 Å². The van der Waals surface area contributed by atoms with Crippen molar-refractivity contribution in [3.8, 4) is 5.75 Å². The Labute approximate surface area is 75.9 Å². The lowest BCUT2D eigenvalue weighted by Gasteiger charge is -2.13. The number of halogens is 1. The van der Waals surface area contributed by atoms with Crippen LogP contribution in [0.15, 0.2) is 18.2 Å². The van der Waals surface area contributed by atoms with Gasteiger partial charge in [0.25, 0.3) is 0 Å². The Kier molecular flexibility index (Phi) is 3.22. The number of ether oxygens (including phenoxy) is 1. The molecule has 0 amide bonds. The molecule has 13 heavy (non-hydrogen) atoms. The molecule has 3 nitrogen and oxygen atoms in total. The highest BCUT2D eigenvalue weighted by Crippen LogP contribution is 2.25. The van der Waals surface area contributed by atoms with Crippen molar-refractivity contribution in [1.82, 2.24) is 0 Å². The summed E-state index contributed by atoms with van der Waals surface area (Å²) >= 11 is 0. The second kappa shape index (κ2) is 4.20. The first kappa shape index (κ1) is 9.95. The summed E-state index contributed by atoms with van der Waals surface area (Å²) in [6.45, 7) is -0.308. The number of aliphatic hydroxyl groups excluding tert-OH is 1. The molecular weight excluding hydrogens is 173 g/mol. The molecule has 72 valence electrons. The van der Waals surface area contributed by atoms with Gasteiger partial charge in [-0.1, -0.05) is 6.07 Å². The average molecular weight is 185 g/mol. The molecule has 0 saturated heterocycles. The van der Waals surface area contributed by atoms with Crippen LogP contribution in [0.25, 0.3) is 0 Å². The van der Waals surface area contributed by atoms with Gasteiger partial charge in [0.15, 0.2) is 0 Å². The van der Waals surface area contributed by atoms with Crippen LogP contribution in [0.1, 0.15) is 11.6 Å². The second-order valence-corrected chi connectivity index (χ2v) is 2.64. The van der Waals surface area contributed by atoms with Gasteiger partial charge < -0.3 is 15.6 Å². The zero-order valence-electron chi connectivity index (χ0n) is 7.33. The molecule has 1 aromatic rings. The number of methoxy groups -OCH3 is 1. The lowest BCUT2D eigenvalue weighted by atomic mass is 10.1. The van der Waals surface area contributed by atoms with Crippen LogP contribution in [0, 0.1) is 5.82 Å². The van der Waals surface area contributed by atoms with Gasteiger partial charge in [-0.15, -0.1) is 0 Å². The van der Waals surface area contributed by atoms with Crippen molar-refractivity contribution in [3.63, 3.8) is 0 Å². The topological polar surface area (TPSA) is 55.5 Å². The minimum absolute atomic E-state index is 0.215. The molecule has 0 radical (unpaired) electrons. The minimum Gasteiger partial charge on any atom is -0.496 e. The van der Waals surface area contributed by atoms with Crippen molar-refractivity contribution in [2.45, 2.75) is 6.04 Å². The third kappa shape index (κ3) is 1.96. The summed E-state index contributed by atoms with van der Waals surface area (Å²) in [5, 5.41) is 8.79. The van der Waals surface area contributed by atoms with Crippen molar-refractivity contribution >= 4 is 0 Å². The van der Waals surface area contributed by atoms with Gasteiger partial charge in [0.1, 0.15) is 11.6 Å². The zero-order chi connectivity index (χ0) is 9.84. The van der Waals surface area contributed by atoms with Gasteiger partial charge in [0.05, 0.1) is 19.8 Å². The molecule has 0 aliphatic heterocycles. The van der Waals surface area contributed by atoms with Crippen molar-refractivity contribution < 1.29 is 14.2 Å². The fourth-order valence-electron chi connectivity index (χ4n) is 1.15. The first-order valence-electron chi connectivity index (χ1n) is 3.89. The van der Waals surface area contributed by atoms with E-state index in [0.717, 1.165) is 0 Å². The maximum Gasteiger partial charge on any atom is 0.131 e. The van der Waals surface area contributed by atoms with Gasteiger partial charge >= 0.3 is 0 Å². The number of rotatable bonds is 3. The Bertz CT molecular complexity index is 291. The summed E-state index contributed by atoms with van der Waals surface area (Å²) in [6, 6.07) is 3.68. The van der Waals surface area contributed by atoms with E-state index in [0.29, 0.717) is 5.75 Å². The van der Waals surface area contributed by atoms with Crippen molar-refractivity contribution in [3.05, 3.63) is 29.6 Å². The smallest absolute Gasteiger partial charge is 0.131 e. The molecule has 0 aliphatic carbocycles. The van der Waals surface area contributed by atoms with Crippen molar-refractivity contribution in [2.24, 2.45) is 5.73 Å². The summed E-state index contributed by atoms with van der Waals surface area (Å²) in [7, 11) is 1.43. The van der Waals surface area contributed by atoms with Crippen molar-refractivity contribution in [2.75, 3.05) is 13.7 Å². The Hall–Kier alpha value is -1.13. The van der Waals surface area contributed by atoms with Crippen LogP contribution in [0.2, 0.25) is 0 Å². The summed E-state index contributed by atoms with van der Waals surface area (Å²) in [5.41, 5.74) is 5.72. The normalized spacial score (nSPS) is 12.6. The minimum atomic E-state index is -0.740. The molecule has 0 aromatic heterocycles. The van der Waals surface area contributed by atoms with E-state index in [1.54, 1.807) is 6.07 Å². The van der Waals surface area contributed by atoms with Crippen LogP contribution in [-0.4, -0.2) is 18.8 Å². The first-order chi connectivity index (χ1) is 6.20. The number of aliphatic hydroxyl groups is 1. The molecule has 1 aromatic carbocycles. The highest BCUT2D eigenvalue weighted by atomic mass is 19.1. The maximum atomic E-state index is 13.2. The van der Waals surface area contributed by atoms with Crippen LogP contribution in [0.5, 0.6) is 5.75 Å². The van der Waals surface area contributed by atoms with Gasteiger partial charge in [0.2, 0.25) is 0 Å². The van der Waals surface area contributed by atoms with Crippen LogP contribution in [0.4, 0.5) is 4.39 Å². The Morgan fingerprint density at radius 1 is 1.62 bits per heavy atom. The number of nitrogens with two attached hydrogens (primary N) is 1. The Balaban J connectivity index is 3.14. The van der Waals surface area contributed by atoms with E-state index in [9.17, 15) is 4.39 Å². The van der Waals surface area contributed by atoms with Gasteiger partial charge in [0, 0.05) is 5.56 Å². The molecule has 0 aliphatic rings. The van der Waals surface area contributed by atoms with E-state index in [1.807, 2.05) is 0 Å². The van der Waals surface area contributed by atoms with Crippen LogP contribution in [0.3, 0.4) is 0 Å². The molecule has 0 unspecified atom stereocenters. The van der Waals surface area contributed by atoms with E-state index in [2.05, 4.69) is 0 Å². The maximum absolute atomic E-state index is 13.2. The lowest BCUT2D eigenvalue weighted by molar-refractivity contribution is 0.261. The van der Waals surface area contributed by atoms with Crippen LogP contribution < -0.4 is 10.5 Å². The number of hydrogen-bond donors (Lipinski definition) is 2. The average Bonchev–Trinajstić information content (AvgIpc) is 2.16. The monoisotopic (exact) mass is 185 g/mol. The summed E-state index contributed by atoms with van der Waals surface area (Å²) in [6.07, 6.45) is 0. The van der Waals surface area contributed by atoms with E-state index in [1.165, 1.54) is 19.2 Å². The molecule has 4 heteroatoms. The predicted molar refractivity (Wildman–Crippen MR) is 47.0 cm³/mol.